The van der Waals surface area contributed by atoms with E-state index in [1.54, 1.807) is 29.2 Å². The first-order valence-corrected chi connectivity index (χ1v) is 9.33. The molecule has 0 spiro atoms. The van der Waals surface area contributed by atoms with Crippen LogP contribution in [0.1, 0.15) is 24.5 Å². The number of benzene rings is 2. The van der Waals surface area contributed by atoms with Gasteiger partial charge in [-0.2, -0.15) is 13.2 Å². The molecular weight excluding hydrogens is 369 g/mol. The number of halogens is 3. The average molecular weight is 390 g/mol. The van der Waals surface area contributed by atoms with E-state index in [0.29, 0.717) is 49.4 Å². The first kappa shape index (κ1) is 18.8. The predicted molar refractivity (Wildman–Crippen MR) is 100 cm³/mol. The second-order valence-corrected chi connectivity index (χ2v) is 7.21. The molecule has 0 saturated carbocycles. The van der Waals surface area contributed by atoms with Crippen molar-refractivity contribution >= 4 is 11.6 Å². The van der Waals surface area contributed by atoms with Gasteiger partial charge in [0.1, 0.15) is 0 Å². The minimum atomic E-state index is -4.83. The molecule has 4 nitrogen and oxygen atoms in total. The second-order valence-electron chi connectivity index (χ2n) is 7.21. The summed E-state index contributed by atoms with van der Waals surface area (Å²) in [6.45, 7) is 3.97. The molecule has 148 valence electrons. The van der Waals surface area contributed by atoms with E-state index in [1.165, 1.54) is 18.2 Å². The van der Waals surface area contributed by atoms with Gasteiger partial charge in [-0.3, -0.25) is 4.79 Å². The summed E-state index contributed by atoms with van der Waals surface area (Å²) in [6, 6.07) is 11.0. The number of fused-ring (bicyclic) bond motifs is 3. The Morgan fingerprint density at radius 2 is 1.68 bits per heavy atom. The molecular formula is C21H21F3N2O2. The largest absolute Gasteiger partial charge is 0.425 e. The molecule has 1 aliphatic heterocycles. The van der Waals surface area contributed by atoms with Crippen molar-refractivity contribution in [1.29, 1.82) is 0 Å². The first-order valence-electron chi connectivity index (χ1n) is 9.33. The summed E-state index contributed by atoms with van der Waals surface area (Å²) in [5.41, 5.74) is -1.85. The lowest BCUT2D eigenvalue weighted by atomic mass is 9.90. The second kappa shape index (κ2) is 6.51. The highest BCUT2D eigenvalue weighted by atomic mass is 19.4. The smallest absolute Gasteiger partial charge is 0.372 e. The normalized spacial score (nSPS) is 21.5. The van der Waals surface area contributed by atoms with E-state index in [9.17, 15) is 23.1 Å². The van der Waals surface area contributed by atoms with Crippen LogP contribution in [0.3, 0.4) is 0 Å². The van der Waals surface area contributed by atoms with Gasteiger partial charge < -0.3 is 14.9 Å². The molecule has 1 heterocycles. The van der Waals surface area contributed by atoms with Crippen LogP contribution < -0.4 is 4.90 Å². The van der Waals surface area contributed by atoms with Crippen LogP contribution in [0.25, 0.3) is 11.1 Å². The molecule has 0 aromatic heterocycles. The van der Waals surface area contributed by atoms with Crippen LogP contribution >= 0.6 is 0 Å². The molecule has 2 aromatic carbocycles. The lowest BCUT2D eigenvalue weighted by molar-refractivity contribution is -0.246. The van der Waals surface area contributed by atoms with E-state index in [0.717, 1.165) is 0 Å². The molecule has 2 aliphatic rings. The first-order chi connectivity index (χ1) is 13.3. The van der Waals surface area contributed by atoms with Crippen molar-refractivity contribution in [2.45, 2.75) is 25.1 Å². The van der Waals surface area contributed by atoms with Gasteiger partial charge in [-0.1, -0.05) is 37.3 Å². The third-order valence-electron chi connectivity index (χ3n) is 5.71. The van der Waals surface area contributed by atoms with Gasteiger partial charge in [0.15, 0.2) is 0 Å². The number of hydrogen-bond acceptors (Lipinski definition) is 3. The third-order valence-corrected chi connectivity index (χ3v) is 5.71. The molecule has 1 atom stereocenters. The molecule has 1 N–H and O–H groups in total. The molecule has 1 fully saturated rings. The predicted octanol–water partition coefficient (Wildman–Crippen LogP) is 3.52. The molecule has 1 aliphatic carbocycles. The van der Waals surface area contributed by atoms with Crippen LogP contribution in [-0.2, 0) is 10.4 Å². The molecule has 0 bridgehead atoms. The van der Waals surface area contributed by atoms with Crippen molar-refractivity contribution in [3.63, 3.8) is 0 Å². The molecule has 1 saturated heterocycles. The van der Waals surface area contributed by atoms with Gasteiger partial charge in [-0.25, -0.2) is 0 Å². The summed E-state index contributed by atoms with van der Waals surface area (Å²) in [5.74, 6) is 0.0792. The number of anilines is 1. The Hall–Kier alpha value is -2.54. The summed E-state index contributed by atoms with van der Waals surface area (Å²) in [6.07, 6.45) is -4.39. The van der Waals surface area contributed by atoms with Crippen LogP contribution in [0.15, 0.2) is 42.5 Å². The number of carbonyl (C=O) groups excluding carboxylic acids is 1. The zero-order valence-electron chi connectivity index (χ0n) is 15.5. The topological polar surface area (TPSA) is 43.8 Å². The van der Waals surface area contributed by atoms with Gasteiger partial charge >= 0.3 is 6.18 Å². The Morgan fingerprint density at radius 3 is 2.32 bits per heavy atom. The Labute approximate surface area is 161 Å². The zero-order chi connectivity index (χ0) is 20.1. The maximum Gasteiger partial charge on any atom is 0.425 e. The maximum atomic E-state index is 13.9. The Morgan fingerprint density at radius 1 is 1.04 bits per heavy atom. The van der Waals surface area contributed by atoms with Crippen LogP contribution in [0, 0.1) is 0 Å². The summed E-state index contributed by atoms with van der Waals surface area (Å²) in [7, 11) is 0. The summed E-state index contributed by atoms with van der Waals surface area (Å²) < 4.78 is 41.8. The highest BCUT2D eigenvalue weighted by Gasteiger charge is 2.60. The minimum Gasteiger partial charge on any atom is -0.372 e. The van der Waals surface area contributed by atoms with Crippen molar-refractivity contribution < 1.29 is 23.1 Å². The molecule has 2 aromatic rings. The number of rotatable bonds is 2. The van der Waals surface area contributed by atoms with Crippen molar-refractivity contribution in [2.75, 3.05) is 31.1 Å². The van der Waals surface area contributed by atoms with E-state index in [2.05, 4.69) is 0 Å². The van der Waals surface area contributed by atoms with Gasteiger partial charge in [-0.15, -0.1) is 0 Å². The zero-order valence-corrected chi connectivity index (χ0v) is 15.5. The fourth-order valence-corrected chi connectivity index (χ4v) is 4.18. The van der Waals surface area contributed by atoms with Crippen molar-refractivity contribution in [3.8, 4) is 11.1 Å². The van der Waals surface area contributed by atoms with Crippen molar-refractivity contribution in [1.82, 2.24) is 4.90 Å². The molecule has 4 rings (SSSR count). The molecule has 1 amide bonds. The van der Waals surface area contributed by atoms with Gasteiger partial charge in [0.2, 0.25) is 11.5 Å². The van der Waals surface area contributed by atoms with Crippen LogP contribution in [0.2, 0.25) is 0 Å². The number of aliphatic hydroxyl groups is 1. The number of alkyl halides is 3. The lowest BCUT2D eigenvalue weighted by Crippen LogP contribution is -2.48. The van der Waals surface area contributed by atoms with Gasteiger partial charge in [0, 0.05) is 49.4 Å². The van der Waals surface area contributed by atoms with Gasteiger partial charge in [0.05, 0.1) is 0 Å². The van der Waals surface area contributed by atoms with Gasteiger partial charge in [0.25, 0.3) is 0 Å². The number of carbonyl (C=O) groups is 1. The summed E-state index contributed by atoms with van der Waals surface area (Å²) in [5, 5.41) is 10.8. The van der Waals surface area contributed by atoms with E-state index in [1.807, 2.05) is 11.8 Å². The number of piperazine rings is 1. The maximum absolute atomic E-state index is 13.9. The Balaban J connectivity index is 1.71. The SMILES string of the molecule is CCC(=O)N1CCN(c2ccc3c(c2)C(O)(C(F)(F)F)c2ccccc2-3)CC1. The van der Waals surface area contributed by atoms with E-state index < -0.39 is 11.8 Å². The molecule has 28 heavy (non-hydrogen) atoms. The highest BCUT2D eigenvalue weighted by molar-refractivity contribution is 5.82. The molecule has 1 unspecified atom stereocenters. The Kier molecular flexibility index (Phi) is 4.38. The quantitative estimate of drug-likeness (QED) is 0.853. The number of amides is 1. The highest BCUT2D eigenvalue weighted by Crippen LogP contribution is 2.55. The monoisotopic (exact) mass is 390 g/mol. The Bertz CT molecular complexity index is 920. The van der Waals surface area contributed by atoms with Crippen molar-refractivity contribution in [2.24, 2.45) is 0 Å². The third kappa shape index (κ3) is 2.68. The minimum absolute atomic E-state index is 0.0792. The van der Waals surface area contributed by atoms with Crippen molar-refractivity contribution in [3.05, 3.63) is 53.6 Å². The average Bonchev–Trinajstić information content (AvgIpc) is 2.97. The number of nitrogens with zero attached hydrogens (tertiary/aromatic N) is 2. The lowest BCUT2D eigenvalue weighted by Gasteiger charge is -2.36. The summed E-state index contributed by atoms with van der Waals surface area (Å²) in [4.78, 5) is 15.6. The van der Waals surface area contributed by atoms with E-state index in [4.69, 9.17) is 0 Å². The van der Waals surface area contributed by atoms with E-state index >= 15 is 0 Å². The van der Waals surface area contributed by atoms with Crippen LogP contribution in [0.5, 0.6) is 0 Å². The van der Waals surface area contributed by atoms with Crippen LogP contribution in [0.4, 0.5) is 18.9 Å². The molecule has 7 heteroatoms. The molecule has 0 radical (unpaired) electrons. The van der Waals surface area contributed by atoms with Gasteiger partial charge in [-0.05, 0) is 23.3 Å². The fraction of sp³-hybridized carbons (Fsp3) is 0.381. The summed E-state index contributed by atoms with van der Waals surface area (Å²) >= 11 is 0. The number of hydrogen-bond donors (Lipinski definition) is 1. The standard InChI is InChI=1S/C21H21F3N2O2/c1-2-19(27)26-11-9-25(10-12-26)14-7-8-16-15-5-3-4-6-17(15)20(28,18(16)13-14)21(22,23)24/h3-8,13,28H,2,9-12H2,1H3. The van der Waals surface area contributed by atoms with E-state index in [-0.39, 0.29) is 17.0 Å². The fourth-order valence-electron chi connectivity index (χ4n) is 4.18. The van der Waals surface area contributed by atoms with Crippen LogP contribution in [-0.4, -0.2) is 48.3 Å².